The minimum atomic E-state index is -1.95. The Bertz CT molecular complexity index is 238. The van der Waals surface area contributed by atoms with Gasteiger partial charge in [-0.3, -0.25) is 0 Å². The first-order chi connectivity index (χ1) is 7.77. The Morgan fingerprint density at radius 3 is 1.50 bits per heavy atom. The van der Waals surface area contributed by atoms with Crippen LogP contribution >= 0.6 is 14.0 Å². The van der Waals surface area contributed by atoms with E-state index in [2.05, 4.69) is 0 Å². The quantitative estimate of drug-likeness (QED) is 0.533. The van der Waals surface area contributed by atoms with Crippen LogP contribution in [0.15, 0.2) is 0 Å². The van der Waals surface area contributed by atoms with E-state index in [0.29, 0.717) is 11.3 Å². The second-order valence-corrected chi connectivity index (χ2v) is 14.8. The topological polar surface area (TPSA) is 17.1 Å². The Kier molecular flexibility index (Phi) is 5.53. The lowest BCUT2D eigenvalue weighted by Gasteiger charge is -2.38. The average Bonchev–Trinajstić information content (AvgIpc) is 2.40. The molecule has 0 aliphatic heterocycles. The Balaban J connectivity index is 2.06. The Morgan fingerprint density at radius 1 is 0.812 bits per heavy atom. The van der Waals surface area contributed by atoms with Gasteiger partial charge in [0.25, 0.3) is 0 Å². The van der Waals surface area contributed by atoms with Crippen LogP contribution in [0.3, 0.4) is 0 Å². The molecule has 0 aromatic heterocycles. The molecule has 0 amide bonds. The monoisotopic (exact) mass is 272 g/mol. The largest absolute Gasteiger partial charge is 0.593 e. The fourth-order valence-electron chi connectivity index (χ4n) is 3.53. The summed E-state index contributed by atoms with van der Waals surface area (Å²) in [5, 5.41) is 0. The summed E-state index contributed by atoms with van der Waals surface area (Å²) >= 11 is -0.830. The molecule has 1 nitrogen and oxygen atoms in total. The fraction of sp³-hybridized carbons (Fsp3) is 1.00. The smallest absolute Gasteiger partial charge is 0.353 e. The van der Waals surface area contributed by atoms with Crippen LogP contribution in [0.25, 0.3) is 0 Å². The lowest BCUT2D eigenvalue weighted by atomic mass is 10.00. The normalized spacial score (nSPS) is 25.3. The fourth-order valence-corrected chi connectivity index (χ4v) is 13.9. The van der Waals surface area contributed by atoms with Gasteiger partial charge < -0.3 is 13.6 Å². The van der Waals surface area contributed by atoms with E-state index in [1.54, 1.807) is 0 Å². The van der Waals surface area contributed by atoms with Crippen molar-refractivity contribution in [3.05, 3.63) is 0 Å². The average molecular weight is 273 g/mol. The maximum Gasteiger partial charge on any atom is 0.593 e. The molecule has 0 aromatic rings. The van der Waals surface area contributed by atoms with Gasteiger partial charge in [-0.05, 0) is 41.9 Å². The molecule has 2 fully saturated rings. The standard InChI is InChI=1S/C12H22OP.ClH.Mg/c13-14(11-7-3-1-4-8-11)12-9-5-2-6-10-12;;/h11-12H,1-10H2;1H;/q+1;;/p-1. The molecular formula is C12H22ClMgOP. The van der Waals surface area contributed by atoms with Gasteiger partial charge >= 0.3 is 18.7 Å². The summed E-state index contributed by atoms with van der Waals surface area (Å²) in [7, 11) is 6.25. The molecular weight excluding hydrogens is 251 g/mol. The first-order valence-electron chi connectivity index (χ1n) is 6.92. The van der Waals surface area contributed by atoms with Crippen molar-refractivity contribution in [3.8, 4) is 0 Å². The lowest BCUT2D eigenvalue weighted by Crippen LogP contribution is -2.25. The van der Waals surface area contributed by atoms with Crippen molar-refractivity contribution in [2.75, 3.05) is 0 Å². The highest BCUT2D eigenvalue weighted by Crippen LogP contribution is 2.61. The molecule has 0 aromatic carbocycles. The summed E-state index contributed by atoms with van der Waals surface area (Å²) in [5.41, 5.74) is 1.07. The summed E-state index contributed by atoms with van der Waals surface area (Å²) < 4.78 is 13.2. The maximum atomic E-state index is 13.2. The van der Waals surface area contributed by atoms with Crippen LogP contribution < -0.4 is 0 Å². The van der Waals surface area contributed by atoms with E-state index in [4.69, 9.17) is 9.07 Å². The van der Waals surface area contributed by atoms with Crippen molar-refractivity contribution in [3.63, 3.8) is 0 Å². The molecule has 0 spiro atoms. The van der Waals surface area contributed by atoms with Crippen molar-refractivity contribution < 1.29 is 4.57 Å². The second kappa shape index (κ2) is 6.45. The summed E-state index contributed by atoms with van der Waals surface area (Å²) in [5.74, 6) is 0. The van der Waals surface area contributed by atoms with Gasteiger partial charge in [-0.2, -0.15) is 0 Å². The first-order valence-corrected chi connectivity index (χ1v) is 13.0. The molecule has 16 heavy (non-hydrogen) atoms. The molecule has 2 rings (SSSR count). The van der Waals surface area contributed by atoms with Gasteiger partial charge in [-0.25, -0.2) is 0 Å². The van der Waals surface area contributed by atoms with Gasteiger partial charge in [-0.1, -0.05) is 38.5 Å². The number of halogens is 1. The molecule has 0 heterocycles. The van der Waals surface area contributed by atoms with E-state index < -0.39 is 23.7 Å². The van der Waals surface area contributed by atoms with Crippen molar-refractivity contribution in [1.29, 1.82) is 0 Å². The minimum absolute atomic E-state index is 0.536. The Morgan fingerprint density at radius 2 is 1.19 bits per heavy atom. The van der Waals surface area contributed by atoms with Crippen LogP contribution in [0.4, 0.5) is 0 Å². The third-order valence-corrected chi connectivity index (χ3v) is 16.0. The van der Waals surface area contributed by atoms with Crippen LogP contribution in [0.1, 0.15) is 64.2 Å². The first kappa shape index (κ1) is 13.7. The number of hydrogen-bond donors (Lipinski definition) is 0. The zero-order valence-corrected chi connectivity index (χ0v) is 13.2. The molecule has 0 bridgehead atoms. The van der Waals surface area contributed by atoms with Crippen LogP contribution in [-0.4, -0.2) is 30.0 Å². The highest BCUT2D eigenvalue weighted by Gasteiger charge is 2.41. The predicted octanol–water partition coefficient (Wildman–Crippen LogP) is 4.79. The van der Waals surface area contributed by atoms with E-state index in [9.17, 15) is 4.57 Å². The van der Waals surface area contributed by atoms with Gasteiger partial charge in [-0.15, -0.1) is 0 Å². The van der Waals surface area contributed by atoms with Gasteiger partial charge in [0, 0.05) is 0 Å². The molecule has 0 atom stereocenters. The zero-order chi connectivity index (χ0) is 11.4. The van der Waals surface area contributed by atoms with Gasteiger partial charge in [0.1, 0.15) is 0 Å². The molecule has 2 aliphatic carbocycles. The molecule has 2 aliphatic rings. The van der Waals surface area contributed by atoms with Crippen molar-refractivity contribution in [1.82, 2.24) is 0 Å². The minimum Gasteiger partial charge on any atom is -0.353 e. The Hall–Kier alpha value is 1.29. The van der Waals surface area contributed by atoms with E-state index in [0.717, 1.165) is 0 Å². The van der Waals surface area contributed by atoms with Crippen LogP contribution in [-0.2, 0) is 4.57 Å². The zero-order valence-electron chi connectivity index (χ0n) is 10.2. The third kappa shape index (κ3) is 2.99. The molecule has 0 unspecified atom stereocenters. The van der Waals surface area contributed by atoms with E-state index in [-0.39, 0.29) is 0 Å². The second-order valence-electron chi connectivity index (χ2n) is 5.56. The molecule has 0 saturated heterocycles. The van der Waals surface area contributed by atoms with E-state index in [1.807, 2.05) is 0 Å². The summed E-state index contributed by atoms with van der Waals surface area (Å²) in [6, 6.07) is 0. The van der Waals surface area contributed by atoms with E-state index >= 15 is 0 Å². The van der Waals surface area contributed by atoms with Crippen LogP contribution in [0.2, 0.25) is 0 Å². The Labute approximate surface area is 112 Å². The third-order valence-electron chi connectivity index (χ3n) is 4.57. The maximum absolute atomic E-state index is 13.2. The van der Waals surface area contributed by atoms with Gasteiger partial charge in [0.2, 0.25) is 0 Å². The molecule has 2 saturated carbocycles. The SMILES string of the molecule is O=[P]([Mg][Cl])(C1CCCCC1)C1CCCCC1. The molecule has 0 radical (unpaired) electrons. The summed E-state index contributed by atoms with van der Waals surface area (Å²) in [4.78, 5) is -1.95. The summed E-state index contributed by atoms with van der Waals surface area (Å²) in [6.45, 7) is 0. The van der Waals surface area contributed by atoms with Gasteiger partial charge in [0.15, 0.2) is 0 Å². The molecule has 90 valence electrons. The number of rotatable bonds is 3. The highest BCUT2D eigenvalue weighted by molar-refractivity contribution is 7.97. The van der Waals surface area contributed by atoms with Gasteiger partial charge in [0.05, 0.1) is 0 Å². The predicted molar refractivity (Wildman–Crippen MR) is 73.0 cm³/mol. The summed E-state index contributed by atoms with van der Waals surface area (Å²) in [6.07, 6.45) is 12.8. The number of hydrogen-bond acceptors (Lipinski definition) is 1. The van der Waals surface area contributed by atoms with Crippen LogP contribution in [0.5, 0.6) is 0 Å². The van der Waals surface area contributed by atoms with Crippen molar-refractivity contribution >= 4 is 32.7 Å². The van der Waals surface area contributed by atoms with Crippen molar-refractivity contribution in [2.24, 2.45) is 0 Å². The molecule has 0 N–H and O–H groups in total. The lowest BCUT2D eigenvalue weighted by molar-refractivity contribution is 0.455. The molecule has 4 heteroatoms. The van der Waals surface area contributed by atoms with Crippen LogP contribution in [0, 0.1) is 0 Å². The van der Waals surface area contributed by atoms with Crippen molar-refractivity contribution in [2.45, 2.75) is 75.5 Å². The van der Waals surface area contributed by atoms with E-state index in [1.165, 1.54) is 64.2 Å². The highest BCUT2D eigenvalue weighted by atomic mass is 35.5.